The number of aromatic hydroxyl groups is 1. The molecule has 1 spiro atoms. The lowest BCUT2D eigenvalue weighted by Gasteiger charge is -2.41. The van der Waals surface area contributed by atoms with Crippen LogP contribution < -0.4 is 10.7 Å². The summed E-state index contributed by atoms with van der Waals surface area (Å²) in [7, 11) is 0. The zero-order valence-electron chi connectivity index (χ0n) is 13.1. The smallest absolute Gasteiger partial charge is 0.271 e. The summed E-state index contributed by atoms with van der Waals surface area (Å²) in [6.07, 6.45) is 2.36. The molecule has 2 saturated carbocycles. The van der Waals surface area contributed by atoms with E-state index in [-0.39, 0.29) is 24.0 Å². The van der Waals surface area contributed by atoms with Crippen molar-refractivity contribution in [1.82, 2.24) is 10.3 Å². The van der Waals surface area contributed by atoms with Gasteiger partial charge in [-0.2, -0.15) is 0 Å². The van der Waals surface area contributed by atoms with Crippen molar-refractivity contribution in [2.45, 2.75) is 51.5 Å². The molecule has 0 aromatic carbocycles. The summed E-state index contributed by atoms with van der Waals surface area (Å²) < 4.78 is 27.5. The molecule has 0 saturated heterocycles. The van der Waals surface area contributed by atoms with Gasteiger partial charge in [0.2, 0.25) is 5.43 Å². The lowest BCUT2D eigenvalue weighted by molar-refractivity contribution is 0.00976. The third-order valence-corrected chi connectivity index (χ3v) is 4.96. The monoisotopic (exact) mass is 326 g/mol. The van der Waals surface area contributed by atoms with E-state index in [9.17, 15) is 23.5 Å². The number of alkyl halides is 2. The molecule has 1 heterocycles. The Morgan fingerprint density at radius 3 is 2.61 bits per heavy atom. The van der Waals surface area contributed by atoms with Gasteiger partial charge in [-0.05, 0) is 24.7 Å². The van der Waals surface area contributed by atoms with Crippen molar-refractivity contribution in [3.8, 4) is 5.75 Å². The third kappa shape index (κ3) is 2.72. The van der Waals surface area contributed by atoms with Crippen molar-refractivity contribution < 1.29 is 18.7 Å². The minimum Gasteiger partial charge on any atom is -0.503 e. The van der Waals surface area contributed by atoms with E-state index in [0.717, 1.165) is 6.07 Å². The average Bonchev–Trinajstić information content (AvgIpc) is 2.89. The molecule has 3 N–H and O–H groups in total. The maximum absolute atomic E-state index is 13.8. The number of aromatic amines is 1. The highest BCUT2D eigenvalue weighted by molar-refractivity contribution is 5.94. The van der Waals surface area contributed by atoms with Crippen LogP contribution in [0.5, 0.6) is 5.75 Å². The Labute approximate surface area is 132 Å². The topological polar surface area (TPSA) is 82.2 Å². The van der Waals surface area contributed by atoms with Gasteiger partial charge >= 0.3 is 0 Å². The van der Waals surface area contributed by atoms with Gasteiger partial charge in [0, 0.05) is 30.1 Å². The number of carbonyl (C=O) groups is 1. The molecule has 0 bridgehead atoms. The van der Waals surface area contributed by atoms with Crippen molar-refractivity contribution in [2.24, 2.45) is 10.8 Å². The molecule has 7 heteroatoms. The molecule has 23 heavy (non-hydrogen) atoms. The molecule has 0 radical (unpaired) electrons. The quantitative estimate of drug-likeness (QED) is 0.780. The van der Waals surface area contributed by atoms with Gasteiger partial charge in [-0.15, -0.1) is 0 Å². The zero-order valence-corrected chi connectivity index (χ0v) is 13.1. The van der Waals surface area contributed by atoms with Gasteiger partial charge in [0.05, 0.1) is 0 Å². The normalized spacial score (nSPS) is 30.9. The van der Waals surface area contributed by atoms with Crippen LogP contribution in [-0.2, 0) is 0 Å². The molecule has 1 aromatic rings. The van der Waals surface area contributed by atoms with Gasteiger partial charge < -0.3 is 15.4 Å². The fraction of sp³-hybridized carbons (Fsp3) is 0.625. The number of rotatable bonds is 2. The number of aromatic nitrogens is 1. The van der Waals surface area contributed by atoms with E-state index in [1.807, 2.05) is 13.8 Å². The third-order valence-electron chi connectivity index (χ3n) is 4.96. The fourth-order valence-corrected chi connectivity index (χ4v) is 4.07. The molecule has 2 aliphatic rings. The fourth-order valence-electron chi connectivity index (χ4n) is 4.07. The van der Waals surface area contributed by atoms with E-state index in [1.54, 1.807) is 0 Å². The number of hydrogen-bond donors (Lipinski definition) is 3. The molecule has 1 amide bonds. The van der Waals surface area contributed by atoms with E-state index < -0.39 is 34.5 Å². The van der Waals surface area contributed by atoms with Gasteiger partial charge in [-0.1, -0.05) is 13.8 Å². The molecule has 0 aliphatic heterocycles. The van der Waals surface area contributed by atoms with Crippen LogP contribution in [0, 0.1) is 10.8 Å². The summed E-state index contributed by atoms with van der Waals surface area (Å²) in [6, 6.07) is 0.693. The first-order valence-electron chi connectivity index (χ1n) is 7.65. The Kier molecular flexibility index (Phi) is 3.32. The highest BCUT2D eigenvalue weighted by Gasteiger charge is 2.73. The highest BCUT2D eigenvalue weighted by atomic mass is 19.3. The van der Waals surface area contributed by atoms with Crippen LogP contribution in [0.4, 0.5) is 8.78 Å². The summed E-state index contributed by atoms with van der Waals surface area (Å²) in [6.45, 7) is 3.84. The minimum absolute atomic E-state index is 0.136. The van der Waals surface area contributed by atoms with Gasteiger partial charge in [-0.25, -0.2) is 8.78 Å². The molecule has 2 unspecified atom stereocenters. The van der Waals surface area contributed by atoms with E-state index >= 15 is 0 Å². The molecular formula is C16H20F2N2O3. The van der Waals surface area contributed by atoms with Crippen LogP contribution >= 0.6 is 0 Å². The van der Waals surface area contributed by atoms with Crippen LogP contribution in [0.2, 0.25) is 0 Å². The van der Waals surface area contributed by atoms with Crippen molar-refractivity contribution in [1.29, 1.82) is 0 Å². The summed E-state index contributed by atoms with van der Waals surface area (Å²) in [4.78, 5) is 26.2. The molecule has 2 atom stereocenters. The minimum atomic E-state index is -2.67. The second kappa shape index (κ2) is 4.79. The number of H-pyrrole nitrogens is 1. The lowest BCUT2D eigenvalue weighted by Crippen LogP contribution is -2.45. The van der Waals surface area contributed by atoms with Gasteiger partial charge in [0.15, 0.2) is 11.4 Å². The number of amides is 1. The summed E-state index contributed by atoms with van der Waals surface area (Å²) in [5, 5.41) is 12.4. The maximum Gasteiger partial charge on any atom is 0.271 e. The van der Waals surface area contributed by atoms with Crippen LogP contribution in [0.1, 0.15) is 50.0 Å². The first kappa shape index (κ1) is 16.0. The number of pyridine rings is 1. The summed E-state index contributed by atoms with van der Waals surface area (Å²) in [5.41, 5.74) is -2.23. The van der Waals surface area contributed by atoms with Gasteiger partial charge in [-0.3, -0.25) is 9.59 Å². The van der Waals surface area contributed by atoms with Crippen LogP contribution in [0.15, 0.2) is 17.1 Å². The number of halogens is 2. The second-order valence-electron chi connectivity index (χ2n) is 7.65. The average molecular weight is 326 g/mol. The number of nitrogens with one attached hydrogen (secondary N) is 2. The Balaban J connectivity index is 1.78. The Morgan fingerprint density at radius 2 is 2.00 bits per heavy atom. The Morgan fingerprint density at radius 1 is 1.35 bits per heavy atom. The van der Waals surface area contributed by atoms with Gasteiger partial charge in [0.1, 0.15) is 0 Å². The van der Waals surface area contributed by atoms with Crippen molar-refractivity contribution in [3.05, 3.63) is 28.2 Å². The molecular weight excluding hydrogens is 306 g/mol. The predicted molar refractivity (Wildman–Crippen MR) is 79.6 cm³/mol. The molecule has 2 aliphatic carbocycles. The number of carbonyl (C=O) groups excluding carboxylic acids is 1. The summed E-state index contributed by atoms with van der Waals surface area (Å²) in [5.74, 6) is -3.98. The Hall–Kier alpha value is -1.92. The van der Waals surface area contributed by atoms with E-state index in [2.05, 4.69) is 10.3 Å². The van der Waals surface area contributed by atoms with E-state index in [1.165, 1.54) is 6.20 Å². The van der Waals surface area contributed by atoms with E-state index in [4.69, 9.17) is 0 Å². The van der Waals surface area contributed by atoms with Crippen LogP contribution in [-0.4, -0.2) is 28.0 Å². The first-order chi connectivity index (χ1) is 10.6. The zero-order chi connectivity index (χ0) is 17.0. The second-order valence-corrected chi connectivity index (χ2v) is 7.65. The van der Waals surface area contributed by atoms with E-state index in [0.29, 0.717) is 12.8 Å². The summed E-state index contributed by atoms with van der Waals surface area (Å²) >= 11 is 0. The lowest BCUT2D eigenvalue weighted by atomic mass is 9.68. The molecule has 3 rings (SSSR count). The maximum atomic E-state index is 13.8. The molecule has 5 nitrogen and oxygen atoms in total. The largest absolute Gasteiger partial charge is 0.503 e. The van der Waals surface area contributed by atoms with Crippen molar-refractivity contribution >= 4 is 5.91 Å². The number of hydrogen-bond acceptors (Lipinski definition) is 3. The van der Waals surface area contributed by atoms with Crippen LogP contribution in [0.3, 0.4) is 0 Å². The predicted octanol–water partition coefficient (Wildman–Crippen LogP) is 2.41. The van der Waals surface area contributed by atoms with Gasteiger partial charge in [0.25, 0.3) is 11.8 Å². The van der Waals surface area contributed by atoms with Crippen molar-refractivity contribution in [2.75, 3.05) is 0 Å². The molecule has 1 aromatic heterocycles. The Bertz CT molecular complexity index is 714. The van der Waals surface area contributed by atoms with Crippen molar-refractivity contribution in [3.63, 3.8) is 0 Å². The standard InChI is InChI=1S/C16H20F2N2O3/c1-14(2)5-9(6-15(7-14)8-16(15,17)18)20-13(23)11-12(22)10(21)3-4-19-11/h3-4,9,22H,5-8H2,1-2H3,(H,19,21)(H,20,23). The highest BCUT2D eigenvalue weighted by Crippen LogP contribution is 2.70. The SMILES string of the molecule is CC1(C)CC(NC(=O)c2[nH]ccc(=O)c2O)CC2(C1)CC2(F)F. The molecule has 2 fully saturated rings. The van der Waals surface area contributed by atoms with Crippen LogP contribution in [0.25, 0.3) is 0 Å². The molecule has 126 valence electrons. The first-order valence-corrected chi connectivity index (χ1v) is 7.65.